The first-order valence-corrected chi connectivity index (χ1v) is 6.28. The van der Waals surface area contributed by atoms with Crippen LogP contribution in [0, 0.1) is 6.92 Å². The number of Topliss-reactive ketones (excluding diaryl/α,β-unsaturated/α-hetero) is 1. The number of aromatic nitrogens is 1. The summed E-state index contributed by atoms with van der Waals surface area (Å²) in [5.41, 5.74) is 3.48. The summed E-state index contributed by atoms with van der Waals surface area (Å²) >= 11 is 1.61. The van der Waals surface area contributed by atoms with Crippen molar-refractivity contribution in [2.45, 2.75) is 13.3 Å². The lowest BCUT2D eigenvalue weighted by Gasteiger charge is -2.13. The molecule has 3 nitrogen and oxygen atoms in total. The van der Waals surface area contributed by atoms with E-state index >= 15 is 0 Å². The average Bonchev–Trinajstić information content (AvgIpc) is 2.83. The Labute approximate surface area is 103 Å². The molecule has 0 bridgehead atoms. The Kier molecular flexibility index (Phi) is 2.37. The monoisotopic (exact) mass is 242 g/mol. The van der Waals surface area contributed by atoms with Crippen molar-refractivity contribution >= 4 is 28.6 Å². The Balaban J connectivity index is 2.13. The molecule has 0 amide bonds. The van der Waals surface area contributed by atoms with Gasteiger partial charge in [-0.25, -0.2) is 9.98 Å². The fourth-order valence-corrected chi connectivity index (χ4v) is 2.53. The van der Waals surface area contributed by atoms with Crippen LogP contribution in [0.1, 0.15) is 27.9 Å². The van der Waals surface area contributed by atoms with E-state index in [9.17, 15) is 4.79 Å². The summed E-state index contributed by atoms with van der Waals surface area (Å²) in [4.78, 5) is 20.7. The molecule has 84 valence electrons. The Morgan fingerprint density at radius 2 is 2.29 bits per heavy atom. The minimum Gasteiger partial charge on any atom is -0.294 e. The van der Waals surface area contributed by atoms with Crippen LogP contribution in [0.25, 0.3) is 0 Å². The van der Waals surface area contributed by atoms with Gasteiger partial charge < -0.3 is 0 Å². The van der Waals surface area contributed by atoms with E-state index in [0.717, 1.165) is 16.8 Å². The molecule has 0 saturated heterocycles. The van der Waals surface area contributed by atoms with Crippen LogP contribution in [0.5, 0.6) is 0 Å². The van der Waals surface area contributed by atoms with Crippen LogP contribution in [-0.2, 0) is 0 Å². The molecular formula is C13H10N2OS. The van der Waals surface area contributed by atoms with Crippen molar-refractivity contribution < 1.29 is 4.79 Å². The van der Waals surface area contributed by atoms with Crippen molar-refractivity contribution in [3.8, 4) is 0 Å². The Morgan fingerprint density at radius 1 is 1.41 bits per heavy atom. The summed E-state index contributed by atoms with van der Waals surface area (Å²) in [6.45, 7) is 1.93. The molecular weight excluding hydrogens is 232 g/mol. The number of carbonyl (C=O) groups excluding carboxylic acids is 1. The van der Waals surface area contributed by atoms with Crippen LogP contribution in [-0.4, -0.2) is 16.5 Å². The summed E-state index contributed by atoms with van der Waals surface area (Å²) in [5.74, 6) is 0.653. The third-order valence-electron chi connectivity index (χ3n) is 2.73. The molecule has 1 aliphatic rings. The van der Waals surface area contributed by atoms with Crippen LogP contribution < -0.4 is 0 Å². The van der Waals surface area contributed by atoms with E-state index in [1.165, 1.54) is 0 Å². The minimum atomic E-state index is 0.104. The summed E-state index contributed by atoms with van der Waals surface area (Å²) in [6, 6.07) is 3.84. The number of nitrogens with zero attached hydrogens (tertiary/aromatic N) is 2. The molecule has 2 aromatic rings. The van der Waals surface area contributed by atoms with Crippen molar-refractivity contribution in [2.24, 2.45) is 4.99 Å². The molecule has 0 fully saturated rings. The first-order valence-electron chi connectivity index (χ1n) is 5.34. The summed E-state index contributed by atoms with van der Waals surface area (Å²) in [6.07, 6.45) is 2.11. The number of hydrogen-bond acceptors (Lipinski definition) is 4. The number of pyridine rings is 1. The quantitative estimate of drug-likeness (QED) is 0.770. The Hall–Kier alpha value is -1.81. The van der Waals surface area contributed by atoms with E-state index in [-0.39, 0.29) is 5.78 Å². The molecule has 3 heterocycles. The highest BCUT2D eigenvalue weighted by Gasteiger charge is 2.22. The molecule has 1 aliphatic heterocycles. The van der Waals surface area contributed by atoms with Gasteiger partial charge in [-0.2, -0.15) is 11.3 Å². The predicted molar refractivity (Wildman–Crippen MR) is 68.4 cm³/mol. The van der Waals surface area contributed by atoms with Crippen LogP contribution in [0.15, 0.2) is 34.1 Å². The van der Waals surface area contributed by atoms with E-state index in [2.05, 4.69) is 9.98 Å². The smallest absolute Gasteiger partial charge is 0.172 e. The lowest BCUT2D eigenvalue weighted by Crippen LogP contribution is -2.14. The molecule has 0 aliphatic carbocycles. The third kappa shape index (κ3) is 1.80. The number of aliphatic imine (C=N–C) groups is 1. The molecule has 0 aromatic carbocycles. The summed E-state index contributed by atoms with van der Waals surface area (Å²) in [5, 5.41) is 3.99. The Bertz CT molecular complexity index is 614. The van der Waals surface area contributed by atoms with Gasteiger partial charge in [-0.1, -0.05) is 0 Å². The summed E-state index contributed by atoms with van der Waals surface area (Å²) < 4.78 is 0. The standard InChI is InChI=1S/C13H10N2OS/c1-8-4-10-12(16)5-11(9-2-3-17-7-9)15-13(10)14-6-8/h2-4,6-7H,5H2,1H3. The van der Waals surface area contributed by atoms with E-state index < -0.39 is 0 Å². The van der Waals surface area contributed by atoms with E-state index in [0.29, 0.717) is 17.8 Å². The SMILES string of the molecule is Cc1cnc2c(c1)C(=O)CC(c1ccsc1)=N2. The number of thiophene rings is 1. The van der Waals surface area contributed by atoms with Crippen molar-refractivity contribution in [1.29, 1.82) is 0 Å². The number of ketones is 1. The molecule has 2 aromatic heterocycles. The first kappa shape index (κ1) is 10.4. The zero-order valence-corrected chi connectivity index (χ0v) is 10.1. The molecule has 0 atom stereocenters. The van der Waals surface area contributed by atoms with Crippen LogP contribution in [0.4, 0.5) is 5.82 Å². The zero-order chi connectivity index (χ0) is 11.8. The second kappa shape index (κ2) is 3.89. The third-order valence-corrected chi connectivity index (χ3v) is 3.41. The average molecular weight is 242 g/mol. The van der Waals surface area contributed by atoms with Gasteiger partial charge in [-0.15, -0.1) is 0 Å². The molecule has 0 spiro atoms. The molecule has 3 rings (SSSR count). The van der Waals surface area contributed by atoms with Gasteiger partial charge >= 0.3 is 0 Å². The maximum Gasteiger partial charge on any atom is 0.172 e. The molecule has 4 heteroatoms. The Morgan fingerprint density at radius 3 is 3.06 bits per heavy atom. The van der Waals surface area contributed by atoms with Crippen molar-refractivity contribution in [3.63, 3.8) is 0 Å². The van der Waals surface area contributed by atoms with Gasteiger partial charge in [0, 0.05) is 11.8 Å². The highest BCUT2D eigenvalue weighted by molar-refractivity contribution is 7.08. The van der Waals surface area contributed by atoms with Gasteiger partial charge in [0.2, 0.25) is 0 Å². The fourth-order valence-electron chi connectivity index (χ4n) is 1.87. The first-order chi connectivity index (χ1) is 8.24. The van der Waals surface area contributed by atoms with E-state index in [4.69, 9.17) is 0 Å². The van der Waals surface area contributed by atoms with Crippen LogP contribution >= 0.6 is 11.3 Å². The molecule has 0 unspecified atom stereocenters. The zero-order valence-electron chi connectivity index (χ0n) is 9.30. The van der Waals surface area contributed by atoms with Gasteiger partial charge in [0.1, 0.15) is 0 Å². The lowest BCUT2D eigenvalue weighted by atomic mass is 9.99. The van der Waals surface area contributed by atoms with Gasteiger partial charge in [-0.3, -0.25) is 4.79 Å². The second-order valence-electron chi connectivity index (χ2n) is 4.05. The maximum absolute atomic E-state index is 12.0. The maximum atomic E-state index is 12.0. The van der Waals surface area contributed by atoms with Crippen LogP contribution in [0.3, 0.4) is 0 Å². The van der Waals surface area contributed by atoms with E-state index in [1.807, 2.05) is 29.8 Å². The molecule has 0 radical (unpaired) electrons. The second-order valence-corrected chi connectivity index (χ2v) is 4.83. The topological polar surface area (TPSA) is 42.3 Å². The number of hydrogen-bond donors (Lipinski definition) is 0. The van der Waals surface area contributed by atoms with Gasteiger partial charge in [0.25, 0.3) is 0 Å². The molecule has 17 heavy (non-hydrogen) atoms. The van der Waals surface area contributed by atoms with Crippen molar-refractivity contribution in [2.75, 3.05) is 0 Å². The van der Waals surface area contributed by atoms with E-state index in [1.54, 1.807) is 17.5 Å². The highest BCUT2D eigenvalue weighted by atomic mass is 32.1. The molecule has 0 saturated carbocycles. The van der Waals surface area contributed by atoms with Crippen molar-refractivity contribution in [1.82, 2.24) is 4.98 Å². The van der Waals surface area contributed by atoms with Gasteiger partial charge in [0.05, 0.1) is 17.7 Å². The summed E-state index contributed by atoms with van der Waals surface area (Å²) in [7, 11) is 0. The van der Waals surface area contributed by atoms with Crippen LogP contribution in [0.2, 0.25) is 0 Å². The highest BCUT2D eigenvalue weighted by Crippen LogP contribution is 2.26. The lowest BCUT2D eigenvalue weighted by molar-refractivity contribution is 0.0999. The number of carbonyl (C=O) groups is 1. The fraction of sp³-hybridized carbons (Fsp3) is 0.154. The largest absolute Gasteiger partial charge is 0.294 e. The van der Waals surface area contributed by atoms with Gasteiger partial charge in [0.15, 0.2) is 11.6 Å². The van der Waals surface area contributed by atoms with Gasteiger partial charge in [-0.05, 0) is 35.4 Å². The predicted octanol–water partition coefficient (Wildman–Crippen LogP) is 3.16. The normalized spacial score (nSPS) is 14.4. The van der Waals surface area contributed by atoms with Crippen molar-refractivity contribution in [3.05, 3.63) is 45.8 Å². The number of rotatable bonds is 1. The number of fused-ring (bicyclic) bond motifs is 1. The molecule has 0 N–H and O–H groups in total. The minimum absolute atomic E-state index is 0.104. The number of aryl methyl sites for hydroxylation is 1.